The highest BCUT2D eigenvalue weighted by Crippen LogP contribution is 2.18. The van der Waals surface area contributed by atoms with E-state index in [1.165, 1.54) is 5.56 Å². The highest BCUT2D eigenvalue weighted by Gasteiger charge is 2.02. The minimum absolute atomic E-state index is 0.782. The molecule has 0 nitrogen and oxygen atoms in total. The van der Waals surface area contributed by atoms with Crippen LogP contribution in [0.15, 0.2) is 21.1 Å². The van der Waals surface area contributed by atoms with Gasteiger partial charge in [-0.25, -0.2) is 0 Å². The summed E-state index contributed by atoms with van der Waals surface area (Å²) in [5, 5.41) is 0. The molecule has 0 aliphatic rings. The first-order chi connectivity index (χ1) is 5.16. The average Bonchev–Trinajstić information content (AvgIpc) is 2.01. The van der Waals surface area contributed by atoms with Crippen molar-refractivity contribution in [3.05, 3.63) is 26.6 Å². The molecule has 11 heavy (non-hydrogen) atoms. The van der Waals surface area contributed by atoms with E-state index >= 15 is 0 Å². The van der Waals surface area contributed by atoms with Crippen LogP contribution >= 0.6 is 31.9 Å². The van der Waals surface area contributed by atoms with Gasteiger partial charge in [-0.2, -0.15) is 0 Å². The van der Waals surface area contributed by atoms with Gasteiger partial charge in [0.2, 0.25) is 0 Å². The van der Waals surface area contributed by atoms with Gasteiger partial charge in [-0.15, -0.1) is 0 Å². The van der Waals surface area contributed by atoms with Gasteiger partial charge in [-0.3, -0.25) is 0 Å². The van der Waals surface area contributed by atoms with Gasteiger partial charge in [0, 0.05) is 8.95 Å². The summed E-state index contributed by atoms with van der Waals surface area (Å²) in [7, 11) is 5.76. The van der Waals surface area contributed by atoms with E-state index in [1.54, 1.807) is 0 Å². The SMILES string of the molecule is [B]c1c(Br)ccc(CC)c1Br. The summed E-state index contributed by atoms with van der Waals surface area (Å²) in [4.78, 5) is 0. The second-order valence-corrected chi connectivity index (χ2v) is 3.94. The molecule has 0 saturated heterocycles. The highest BCUT2D eigenvalue weighted by atomic mass is 79.9. The van der Waals surface area contributed by atoms with Gasteiger partial charge in [0.15, 0.2) is 0 Å². The van der Waals surface area contributed by atoms with E-state index in [0.29, 0.717) is 0 Å². The summed E-state index contributed by atoms with van der Waals surface area (Å²) in [5.41, 5.74) is 2.02. The fraction of sp³-hybridized carbons (Fsp3) is 0.250. The molecule has 1 aromatic carbocycles. The first kappa shape index (κ1) is 9.33. The molecule has 0 atom stereocenters. The van der Waals surface area contributed by atoms with Crippen LogP contribution in [0.25, 0.3) is 0 Å². The minimum atomic E-state index is 0.782. The third-order valence-electron chi connectivity index (χ3n) is 1.59. The lowest BCUT2D eigenvalue weighted by Gasteiger charge is -2.06. The Labute approximate surface area is 85.0 Å². The molecule has 0 spiro atoms. The van der Waals surface area contributed by atoms with E-state index in [2.05, 4.69) is 44.8 Å². The van der Waals surface area contributed by atoms with Gasteiger partial charge in [0.25, 0.3) is 0 Å². The van der Waals surface area contributed by atoms with E-state index < -0.39 is 0 Å². The highest BCUT2D eigenvalue weighted by molar-refractivity contribution is 9.11. The molecule has 0 aliphatic carbocycles. The van der Waals surface area contributed by atoms with Gasteiger partial charge in [0.1, 0.15) is 7.85 Å². The predicted octanol–water partition coefficient (Wildman–Crippen LogP) is 2.57. The number of halogens is 2. The minimum Gasteiger partial charge on any atom is -0.0685 e. The molecule has 56 valence electrons. The van der Waals surface area contributed by atoms with Crippen molar-refractivity contribution in [2.45, 2.75) is 13.3 Å². The van der Waals surface area contributed by atoms with Crippen LogP contribution in [0, 0.1) is 0 Å². The van der Waals surface area contributed by atoms with Crippen LogP contribution in [0.3, 0.4) is 0 Å². The molecular formula is C8H7BBr2. The summed E-state index contributed by atoms with van der Waals surface area (Å²) in [6, 6.07) is 4.03. The number of benzene rings is 1. The Morgan fingerprint density at radius 3 is 2.55 bits per heavy atom. The van der Waals surface area contributed by atoms with Gasteiger partial charge in [0.05, 0.1) is 0 Å². The van der Waals surface area contributed by atoms with Crippen molar-refractivity contribution in [1.29, 1.82) is 0 Å². The third kappa shape index (κ3) is 1.88. The van der Waals surface area contributed by atoms with Crippen molar-refractivity contribution >= 4 is 45.2 Å². The van der Waals surface area contributed by atoms with Gasteiger partial charge < -0.3 is 0 Å². The normalized spacial score (nSPS) is 10.1. The fourth-order valence-electron chi connectivity index (χ4n) is 0.888. The molecule has 0 amide bonds. The number of hydrogen-bond acceptors (Lipinski definition) is 0. The van der Waals surface area contributed by atoms with E-state index in [1.807, 2.05) is 6.07 Å². The maximum atomic E-state index is 5.76. The van der Waals surface area contributed by atoms with Crippen LogP contribution in [0.5, 0.6) is 0 Å². The second kappa shape index (κ2) is 3.77. The summed E-state index contributed by atoms with van der Waals surface area (Å²) in [6.45, 7) is 2.10. The van der Waals surface area contributed by atoms with Crippen LogP contribution in [0.1, 0.15) is 12.5 Å². The largest absolute Gasteiger partial charge is 0.116 e. The van der Waals surface area contributed by atoms with Crippen molar-refractivity contribution < 1.29 is 0 Å². The van der Waals surface area contributed by atoms with Gasteiger partial charge in [-0.1, -0.05) is 50.3 Å². The second-order valence-electron chi connectivity index (χ2n) is 2.29. The van der Waals surface area contributed by atoms with E-state index in [-0.39, 0.29) is 0 Å². The first-order valence-electron chi connectivity index (χ1n) is 3.39. The molecule has 0 unspecified atom stereocenters. The van der Waals surface area contributed by atoms with E-state index in [4.69, 9.17) is 7.85 Å². The number of hydrogen-bond donors (Lipinski definition) is 0. The zero-order valence-corrected chi connectivity index (χ0v) is 9.37. The van der Waals surface area contributed by atoms with Crippen LogP contribution in [0.2, 0.25) is 0 Å². The van der Waals surface area contributed by atoms with Gasteiger partial charge >= 0.3 is 0 Å². The zero-order chi connectivity index (χ0) is 8.43. The Hall–Kier alpha value is 0.245. The maximum Gasteiger partial charge on any atom is 0.116 e. The molecule has 2 radical (unpaired) electrons. The Balaban J connectivity index is 3.25. The van der Waals surface area contributed by atoms with Crippen LogP contribution in [-0.2, 0) is 6.42 Å². The summed E-state index contributed by atoms with van der Waals surface area (Å²) in [5.74, 6) is 0. The molecule has 0 heterocycles. The molecule has 1 aromatic rings. The lowest BCUT2D eigenvalue weighted by molar-refractivity contribution is 1.13. The Morgan fingerprint density at radius 2 is 2.00 bits per heavy atom. The molecule has 0 bridgehead atoms. The standard InChI is InChI=1S/C8H7BBr2/c1-2-5-3-4-6(10)7(9)8(5)11/h3-4H,2H2,1H3. The average molecular weight is 274 g/mol. The van der Waals surface area contributed by atoms with Crippen LogP contribution in [0.4, 0.5) is 0 Å². The summed E-state index contributed by atoms with van der Waals surface area (Å²) < 4.78 is 1.95. The quantitative estimate of drug-likeness (QED) is 0.690. The molecular weight excluding hydrogens is 267 g/mol. The van der Waals surface area contributed by atoms with Crippen LogP contribution < -0.4 is 5.46 Å². The van der Waals surface area contributed by atoms with Crippen molar-refractivity contribution in [1.82, 2.24) is 0 Å². The van der Waals surface area contributed by atoms with E-state index in [9.17, 15) is 0 Å². The van der Waals surface area contributed by atoms with Crippen molar-refractivity contribution in [3.8, 4) is 0 Å². The number of aryl methyl sites for hydroxylation is 1. The monoisotopic (exact) mass is 272 g/mol. The van der Waals surface area contributed by atoms with Crippen molar-refractivity contribution in [3.63, 3.8) is 0 Å². The molecule has 3 heteroatoms. The van der Waals surface area contributed by atoms with Crippen molar-refractivity contribution in [2.75, 3.05) is 0 Å². The van der Waals surface area contributed by atoms with Gasteiger partial charge in [-0.05, 0) is 18.1 Å². The maximum absolute atomic E-state index is 5.76. The first-order valence-corrected chi connectivity index (χ1v) is 4.97. The number of rotatable bonds is 1. The predicted molar refractivity (Wildman–Crippen MR) is 56.6 cm³/mol. The molecule has 0 N–H and O–H groups in total. The molecule has 0 saturated carbocycles. The molecule has 0 aromatic heterocycles. The molecule has 1 rings (SSSR count). The Kier molecular flexibility index (Phi) is 3.20. The zero-order valence-electron chi connectivity index (χ0n) is 6.20. The lowest BCUT2D eigenvalue weighted by atomic mass is 9.94. The topological polar surface area (TPSA) is 0 Å². The molecule has 0 aliphatic heterocycles. The van der Waals surface area contributed by atoms with E-state index in [0.717, 1.165) is 20.8 Å². The molecule has 0 fully saturated rings. The van der Waals surface area contributed by atoms with Crippen LogP contribution in [-0.4, -0.2) is 7.85 Å². The fourth-order valence-corrected chi connectivity index (χ4v) is 2.11. The Bertz CT molecular complexity index is 271. The van der Waals surface area contributed by atoms with Crippen molar-refractivity contribution in [2.24, 2.45) is 0 Å². The lowest BCUT2D eigenvalue weighted by Crippen LogP contribution is -2.08. The smallest absolute Gasteiger partial charge is 0.0685 e. The summed E-state index contributed by atoms with van der Waals surface area (Å²) >= 11 is 6.79. The Morgan fingerprint density at radius 1 is 1.36 bits per heavy atom. The summed E-state index contributed by atoms with van der Waals surface area (Å²) in [6.07, 6.45) is 0.998. The third-order valence-corrected chi connectivity index (χ3v) is 3.22.